The molecular formula is C14H24OS. The van der Waals surface area contributed by atoms with Crippen LogP contribution in [0.3, 0.4) is 0 Å². The van der Waals surface area contributed by atoms with Crippen molar-refractivity contribution in [2.45, 2.75) is 58.6 Å². The van der Waals surface area contributed by atoms with E-state index in [0.29, 0.717) is 16.3 Å². The lowest BCUT2D eigenvalue weighted by Crippen LogP contribution is -2.21. The molecule has 0 amide bonds. The van der Waals surface area contributed by atoms with Crippen LogP contribution in [0, 0.1) is 11.8 Å². The van der Waals surface area contributed by atoms with E-state index in [4.69, 9.17) is 0 Å². The lowest BCUT2D eigenvalue weighted by Gasteiger charge is -2.25. The highest BCUT2D eigenvalue weighted by atomic mass is 32.2. The van der Waals surface area contributed by atoms with Gasteiger partial charge in [0.2, 0.25) is 0 Å². The van der Waals surface area contributed by atoms with Crippen LogP contribution in [0.1, 0.15) is 53.4 Å². The molecule has 0 fully saturated rings. The monoisotopic (exact) mass is 240 g/mol. The summed E-state index contributed by atoms with van der Waals surface area (Å²) in [5.74, 6) is 0.802. The third-order valence-electron chi connectivity index (χ3n) is 3.65. The Morgan fingerprint density at radius 3 is 2.75 bits per heavy atom. The Morgan fingerprint density at radius 2 is 2.25 bits per heavy atom. The van der Waals surface area contributed by atoms with Gasteiger partial charge >= 0.3 is 0 Å². The summed E-state index contributed by atoms with van der Waals surface area (Å²) in [6.45, 7) is 8.58. The number of carbonyl (C=O) groups is 1. The van der Waals surface area contributed by atoms with E-state index in [9.17, 15) is 4.79 Å². The molecule has 0 saturated carbocycles. The number of hydrogen-bond acceptors (Lipinski definition) is 2. The molecule has 0 heterocycles. The number of thioether (sulfide) groups is 1. The molecule has 1 nitrogen and oxygen atoms in total. The maximum atomic E-state index is 12.0. The third-order valence-corrected chi connectivity index (χ3v) is 4.99. The molecule has 2 heteroatoms. The van der Waals surface area contributed by atoms with Gasteiger partial charge in [0.15, 0.2) is 5.12 Å². The highest BCUT2D eigenvalue weighted by Crippen LogP contribution is 2.32. The maximum absolute atomic E-state index is 12.0. The first-order valence-electron chi connectivity index (χ1n) is 6.40. The van der Waals surface area contributed by atoms with Gasteiger partial charge < -0.3 is 0 Å². The van der Waals surface area contributed by atoms with E-state index in [-0.39, 0.29) is 5.92 Å². The first-order chi connectivity index (χ1) is 7.54. The number of allylic oxidation sites excluding steroid dienone is 2. The Hall–Kier alpha value is -0.240. The van der Waals surface area contributed by atoms with Crippen molar-refractivity contribution in [1.82, 2.24) is 0 Å². The van der Waals surface area contributed by atoms with Crippen molar-refractivity contribution in [3.63, 3.8) is 0 Å². The molecule has 0 N–H and O–H groups in total. The minimum atomic E-state index is 0.225. The minimum absolute atomic E-state index is 0.225. The van der Waals surface area contributed by atoms with Gasteiger partial charge in [0, 0.05) is 11.2 Å². The Morgan fingerprint density at radius 1 is 1.56 bits per heavy atom. The third kappa shape index (κ3) is 3.97. The fourth-order valence-electron chi connectivity index (χ4n) is 2.02. The Bertz CT molecular complexity index is 270. The van der Waals surface area contributed by atoms with E-state index in [0.717, 1.165) is 12.8 Å². The SMILES string of the molecule is CCC(C)SC(=O)C(C)C1CC=C(C)CC1. The van der Waals surface area contributed by atoms with Crippen LogP contribution in [0.25, 0.3) is 0 Å². The molecule has 0 aliphatic heterocycles. The number of carbonyl (C=O) groups excluding carboxylic acids is 1. The average Bonchev–Trinajstić information content (AvgIpc) is 2.28. The van der Waals surface area contributed by atoms with Crippen LogP contribution in [0.5, 0.6) is 0 Å². The van der Waals surface area contributed by atoms with Crippen LogP contribution < -0.4 is 0 Å². The smallest absolute Gasteiger partial charge is 0.192 e. The molecule has 16 heavy (non-hydrogen) atoms. The van der Waals surface area contributed by atoms with Crippen molar-refractivity contribution in [1.29, 1.82) is 0 Å². The van der Waals surface area contributed by atoms with Gasteiger partial charge in [-0.05, 0) is 38.5 Å². The molecule has 92 valence electrons. The molecule has 1 aliphatic carbocycles. The fraction of sp³-hybridized carbons (Fsp3) is 0.786. The molecule has 0 saturated heterocycles. The van der Waals surface area contributed by atoms with Crippen molar-refractivity contribution in [2.75, 3.05) is 0 Å². The zero-order valence-electron chi connectivity index (χ0n) is 11.0. The topological polar surface area (TPSA) is 17.1 Å². The van der Waals surface area contributed by atoms with Gasteiger partial charge in [0.05, 0.1) is 0 Å². The first kappa shape index (κ1) is 13.8. The summed E-state index contributed by atoms with van der Waals surface area (Å²) in [4.78, 5) is 12.0. The molecule has 1 aliphatic rings. The van der Waals surface area contributed by atoms with Gasteiger partial charge in [-0.3, -0.25) is 4.79 Å². The van der Waals surface area contributed by atoms with Crippen LogP contribution in [0.4, 0.5) is 0 Å². The highest BCUT2D eigenvalue weighted by Gasteiger charge is 2.26. The van der Waals surface area contributed by atoms with Crippen molar-refractivity contribution in [3.8, 4) is 0 Å². The highest BCUT2D eigenvalue weighted by molar-refractivity contribution is 8.14. The second-order valence-corrected chi connectivity index (χ2v) is 6.47. The second-order valence-electron chi connectivity index (χ2n) is 5.03. The number of rotatable bonds is 4. The van der Waals surface area contributed by atoms with E-state index < -0.39 is 0 Å². The maximum Gasteiger partial charge on any atom is 0.192 e. The lowest BCUT2D eigenvalue weighted by molar-refractivity contribution is -0.115. The molecule has 3 unspecified atom stereocenters. The molecule has 3 atom stereocenters. The molecule has 0 spiro atoms. The van der Waals surface area contributed by atoms with Crippen LogP contribution in [-0.2, 0) is 4.79 Å². The van der Waals surface area contributed by atoms with E-state index in [1.165, 1.54) is 18.4 Å². The van der Waals surface area contributed by atoms with E-state index >= 15 is 0 Å². The second kappa shape index (κ2) is 6.48. The summed E-state index contributed by atoms with van der Waals surface area (Å²) in [6.07, 6.45) is 6.85. The number of hydrogen-bond donors (Lipinski definition) is 0. The van der Waals surface area contributed by atoms with Crippen LogP contribution >= 0.6 is 11.8 Å². The average molecular weight is 240 g/mol. The molecular weight excluding hydrogens is 216 g/mol. The minimum Gasteiger partial charge on any atom is -0.287 e. The summed E-state index contributed by atoms with van der Waals surface area (Å²) in [7, 11) is 0. The quantitative estimate of drug-likeness (QED) is 0.676. The van der Waals surface area contributed by atoms with Gasteiger partial charge in [-0.2, -0.15) is 0 Å². The molecule has 0 aromatic carbocycles. The normalized spacial score (nSPS) is 24.8. The van der Waals surface area contributed by atoms with Gasteiger partial charge in [-0.15, -0.1) is 0 Å². The molecule has 0 aromatic rings. The zero-order chi connectivity index (χ0) is 12.1. The fourth-order valence-corrected chi connectivity index (χ4v) is 2.99. The standard InChI is InChI=1S/C14H24OS/c1-5-11(3)16-14(15)12(4)13-8-6-10(2)7-9-13/h6,11-13H,5,7-9H2,1-4H3. The van der Waals surface area contributed by atoms with Gasteiger partial charge in [-0.1, -0.05) is 44.2 Å². The predicted octanol–water partition coefficient (Wildman–Crippen LogP) is 4.43. The first-order valence-corrected chi connectivity index (χ1v) is 7.28. The van der Waals surface area contributed by atoms with E-state index in [2.05, 4.69) is 33.8 Å². The van der Waals surface area contributed by atoms with Crippen molar-refractivity contribution in [2.24, 2.45) is 11.8 Å². The summed E-state index contributed by atoms with van der Waals surface area (Å²) in [5, 5.41) is 0.864. The summed E-state index contributed by atoms with van der Waals surface area (Å²) in [6, 6.07) is 0. The van der Waals surface area contributed by atoms with Crippen LogP contribution in [0.15, 0.2) is 11.6 Å². The van der Waals surface area contributed by atoms with E-state index in [1.54, 1.807) is 11.8 Å². The van der Waals surface area contributed by atoms with Crippen molar-refractivity contribution in [3.05, 3.63) is 11.6 Å². The van der Waals surface area contributed by atoms with Crippen molar-refractivity contribution < 1.29 is 4.79 Å². The summed E-state index contributed by atoms with van der Waals surface area (Å²) < 4.78 is 0. The zero-order valence-corrected chi connectivity index (χ0v) is 11.8. The predicted molar refractivity (Wildman–Crippen MR) is 72.6 cm³/mol. The Labute approximate surface area is 104 Å². The summed E-state index contributed by atoms with van der Waals surface area (Å²) in [5.41, 5.74) is 1.49. The van der Waals surface area contributed by atoms with Crippen LogP contribution in [-0.4, -0.2) is 10.4 Å². The van der Waals surface area contributed by atoms with Gasteiger partial charge in [-0.25, -0.2) is 0 Å². The molecule has 1 rings (SSSR count). The molecule has 0 aromatic heterocycles. The Balaban J connectivity index is 2.45. The summed E-state index contributed by atoms with van der Waals surface area (Å²) >= 11 is 1.54. The van der Waals surface area contributed by atoms with Crippen molar-refractivity contribution >= 4 is 16.9 Å². The Kier molecular flexibility index (Phi) is 5.60. The van der Waals surface area contributed by atoms with Gasteiger partial charge in [0.1, 0.15) is 0 Å². The molecule has 0 radical (unpaired) electrons. The largest absolute Gasteiger partial charge is 0.287 e. The molecule has 0 bridgehead atoms. The lowest BCUT2D eigenvalue weighted by atomic mass is 9.82. The van der Waals surface area contributed by atoms with Gasteiger partial charge in [0.25, 0.3) is 0 Å². The van der Waals surface area contributed by atoms with Crippen LogP contribution in [0.2, 0.25) is 0 Å². The van der Waals surface area contributed by atoms with E-state index in [1.807, 2.05) is 0 Å².